The third-order valence-corrected chi connectivity index (χ3v) is 2.31. The van der Waals surface area contributed by atoms with Gasteiger partial charge in [0.05, 0.1) is 26.9 Å². The second kappa shape index (κ2) is 9.57. The lowest BCUT2D eigenvalue weighted by Gasteiger charge is -2.13. The van der Waals surface area contributed by atoms with Crippen LogP contribution in [0.4, 0.5) is 0 Å². The highest BCUT2D eigenvalue weighted by Crippen LogP contribution is 2.16. The van der Waals surface area contributed by atoms with E-state index >= 15 is 0 Å². The van der Waals surface area contributed by atoms with E-state index < -0.39 is 6.10 Å². The average Bonchev–Trinajstić information content (AvgIpc) is 2.45. The summed E-state index contributed by atoms with van der Waals surface area (Å²) in [5.41, 5.74) is 2.64. The Morgan fingerprint density at radius 3 is 2.42 bits per heavy atom. The lowest BCUT2D eigenvalue weighted by Crippen LogP contribution is -2.32. The van der Waals surface area contributed by atoms with Gasteiger partial charge in [0.15, 0.2) is 0 Å². The Balaban J connectivity index is 2.13. The van der Waals surface area contributed by atoms with Crippen LogP contribution in [0.25, 0.3) is 0 Å². The van der Waals surface area contributed by atoms with Gasteiger partial charge in [-0.3, -0.25) is 4.84 Å². The first-order valence-electron chi connectivity index (χ1n) is 6.04. The Labute approximate surface area is 113 Å². The molecular weight excluding hydrogens is 250 g/mol. The minimum atomic E-state index is -0.648. The van der Waals surface area contributed by atoms with Gasteiger partial charge in [-0.05, 0) is 24.3 Å². The molecule has 19 heavy (non-hydrogen) atoms. The van der Waals surface area contributed by atoms with Gasteiger partial charge in [0, 0.05) is 7.11 Å². The van der Waals surface area contributed by atoms with E-state index in [1.54, 1.807) is 38.5 Å². The highest BCUT2D eigenvalue weighted by molar-refractivity contribution is 5.31. The van der Waals surface area contributed by atoms with Crippen LogP contribution in [-0.2, 0) is 9.57 Å². The molecule has 6 nitrogen and oxygen atoms in total. The summed E-state index contributed by atoms with van der Waals surface area (Å²) < 4.78 is 15.3. The van der Waals surface area contributed by atoms with E-state index in [0.717, 1.165) is 5.75 Å². The van der Waals surface area contributed by atoms with Crippen molar-refractivity contribution in [2.24, 2.45) is 0 Å². The van der Waals surface area contributed by atoms with Crippen LogP contribution in [0.15, 0.2) is 24.3 Å². The third-order valence-electron chi connectivity index (χ3n) is 2.31. The number of benzene rings is 1. The number of hydroxylamine groups is 1. The quantitative estimate of drug-likeness (QED) is 0.480. The fourth-order valence-corrected chi connectivity index (χ4v) is 1.28. The predicted octanol–water partition coefficient (Wildman–Crippen LogP) is 0.602. The number of rotatable bonds is 10. The van der Waals surface area contributed by atoms with Crippen LogP contribution in [-0.4, -0.2) is 51.8 Å². The second-order valence-electron chi connectivity index (χ2n) is 3.83. The summed E-state index contributed by atoms with van der Waals surface area (Å²) in [6.07, 6.45) is -0.648. The van der Waals surface area contributed by atoms with Crippen LogP contribution in [0, 0.1) is 0 Å². The Morgan fingerprint density at radius 2 is 1.79 bits per heavy atom. The first kappa shape index (κ1) is 15.7. The maximum absolute atomic E-state index is 9.64. The fourth-order valence-electron chi connectivity index (χ4n) is 1.28. The van der Waals surface area contributed by atoms with E-state index in [1.807, 2.05) is 0 Å². The van der Waals surface area contributed by atoms with E-state index in [4.69, 9.17) is 19.0 Å². The molecular formula is C13H21NO5. The first-order valence-corrected chi connectivity index (χ1v) is 6.04. The molecule has 0 bridgehead atoms. The summed E-state index contributed by atoms with van der Waals surface area (Å²) in [5, 5.41) is 9.64. The summed E-state index contributed by atoms with van der Waals surface area (Å²) in [7, 11) is 3.20. The van der Waals surface area contributed by atoms with Crippen LogP contribution >= 0.6 is 0 Å². The molecule has 108 valence electrons. The number of nitrogens with one attached hydrogen (secondary N) is 1. The van der Waals surface area contributed by atoms with Gasteiger partial charge in [-0.15, -0.1) is 0 Å². The van der Waals surface area contributed by atoms with E-state index in [2.05, 4.69) is 5.48 Å². The van der Waals surface area contributed by atoms with Gasteiger partial charge in [0.25, 0.3) is 0 Å². The molecule has 0 aromatic heterocycles. The Kier molecular flexibility index (Phi) is 7.92. The summed E-state index contributed by atoms with van der Waals surface area (Å²) in [6.45, 7) is 1.42. The lowest BCUT2D eigenvalue weighted by molar-refractivity contribution is -0.0173. The topological polar surface area (TPSA) is 69.2 Å². The molecule has 0 spiro atoms. The Hall–Kier alpha value is -1.34. The average molecular weight is 271 g/mol. The summed E-state index contributed by atoms with van der Waals surface area (Å²) in [6, 6.07) is 7.17. The van der Waals surface area contributed by atoms with Crippen molar-refractivity contribution in [2.75, 3.05) is 40.6 Å². The van der Waals surface area contributed by atoms with E-state index in [9.17, 15) is 5.11 Å². The Bertz CT molecular complexity index is 330. The molecule has 0 radical (unpaired) electrons. The molecule has 6 heteroatoms. The summed E-state index contributed by atoms with van der Waals surface area (Å²) in [4.78, 5) is 5.02. The van der Waals surface area contributed by atoms with Crippen molar-refractivity contribution in [2.45, 2.75) is 6.10 Å². The third kappa shape index (κ3) is 6.97. The Morgan fingerprint density at radius 1 is 1.11 bits per heavy atom. The van der Waals surface area contributed by atoms with Gasteiger partial charge in [0.2, 0.25) is 0 Å². The zero-order valence-electron chi connectivity index (χ0n) is 11.3. The molecule has 0 fully saturated rings. The number of hydrogen-bond donors (Lipinski definition) is 2. The van der Waals surface area contributed by atoms with Gasteiger partial charge < -0.3 is 19.3 Å². The molecule has 1 rings (SSSR count). The van der Waals surface area contributed by atoms with Gasteiger partial charge in [-0.25, -0.2) is 0 Å². The molecule has 1 atom stereocenters. The van der Waals surface area contributed by atoms with Gasteiger partial charge in [-0.2, -0.15) is 5.48 Å². The largest absolute Gasteiger partial charge is 0.497 e. The molecule has 1 unspecified atom stereocenters. The minimum Gasteiger partial charge on any atom is -0.497 e. The van der Waals surface area contributed by atoms with Crippen molar-refractivity contribution in [1.82, 2.24) is 5.48 Å². The van der Waals surface area contributed by atoms with Crippen molar-refractivity contribution in [3.05, 3.63) is 24.3 Å². The van der Waals surface area contributed by atoms with Crippen LogP contribution in [0.2, 0.25) is 0 Å². The lowest BCUT2D eigenvalue weighted by atomic mass is 10.3. The van der Waals surface area contributed by atoms with Crippen LogP contribution in [0.3, 0.4) is 0 Å². The highest BCUT2D eigenvalue weighted by Gasteiger charge is 2.05. The number of ether oxygens (including phenoxy) is 3. The highest BCUT2D eigenvalue weighted by atomic mass is 16.7. The van der Waals surface area contributed by atoms with Crippen molar-refractivity contribution in [1.29, 1.82) is 0 Å². The zero-order chi connectivity index (χ0) is 13.9. The number of aliphatic hydroxyl groups is 1. The summed E-state index contributed by atoms with van der Waals surface area (Å²) >= 11 is 0. The molecule has 0 aliphatic heterocycles. The SMILES string of the molecule is COCCONCC(O)COc1ccc(OC)cc1. The molecule has 0 saturated heterocycles. The number of hydrogen-bond acceptors (Lipinski definition) is 6. The molecule has 1 aromatic carbocycles. The maximum Gasteiger partial charge on any atom is 0.119 e. The monoisotopic (exact) mass is 271 g/mol. The molecule has 1 aromatic rings. The van der Waals surface area contributed by atoms with Crippen molar-refractivity contribution < 1.29 is 24.2 Å². The van der Waals surface area contributed by atoms with Crippen molar-refractivity contribution in [3.8, 4) is 11.5 Å². The van der Waals surface area contributed by atoms with Crippen LogP contribution < -0.4 is 15.0 Å². The van der Waals surface area contributed by atoms with Gasteiger partial charge >= 0.3 is 0 Å². The van der Waals surface area contributed by atoms with Crippen LogP contribution in [0.1, 0.15) is 0 Å². The fraction of sp³-hybridized carbons (Fsp3) is 0.538. The van der Waals surface area contributed by atoms with Crippen molar-refractivity contribution >= 4 is 0 Å². The smallest absolute Gasteiger partial charge is 0.119 e. The normalized spacial score (nSPS) is 12.2. The first-order chi connectivity index (χ1) is 9.26. The molecule has 0 saturated carbocycles. The second-order valence-corrected chi connectivity index (χ2v) is 3.83. The molecule has 0 amide bonds. The van der Waals surface area contributed by atoms with Gasteiger partial charge in [-0.1, -0.05) is 0 Å². The molecule has 0 heterocycles. The maximum atomic E-state index is 9.64. The van der Waals surface area contributed by atoms with E-state index in [0.29, 0.717) is 25.5 Å². The van der Waals surface area contributed by atoms with Gasteiger partial charge in [0.1, 0.15) is 24.2 Å². The van der Waals surface area contributed by atoms with E-state index in [1.165, 1.54) is 0 Å². The molecule has 0 aliphatic rings. The molecule has 0 aliphatic carbocycles. The molecule has 2 N–H and O–H groups in total. The predicted molar refractivity (Wildman–Crippen MR) is 70.3 cm³/mol. The van der Waals surface area contributed by atoms with Crippen LogP contribution in [0.5, 0.6) is 11.5 Å². The number of aliphatic hydroxyl groups excluding tert-OH is 1. The standard InChI is InChI=1S/C13H21NO5/c1-16-7-8-19-14-9-11(15)10-18-13-5-3-12(17-2)4-6-13/h3-6,11,14-15H,7-10H2,1-2H3. The minimum absolute atomic E-state index is 0.187. The zero-order valence-corrected chi connectivity index (χ0v) is 11.3. The van der Waals surface area contributed by atoms with Crippen molar-refractivity contribution in [3.63, 3.8) is 0 Å². The summed E-state index contributed by atoms with van der Waals surface area (Å²) in [5.74, 6) is 1.45. The number of methoxy groups -OCH3 is 2. The van der Waals surface area contributed by atoms with E-state index in [-0.39, 0.29) is 6.61 Å².